The van der Waals surface area contributed by atoms with Gasteiger partial charge in [0, 0.05) is 24.0 Å². The molecule has 0 spiro atoms. The van der Waals surface area contributed by atoms with Gasteiger partial charge < -0.3 is 14.4 Å². The van der Waals surface area contributed by atoms with Gasteiger partial charge in [0.1, 0.15) is 0 Å². The number of carbonyl (C=O) groups is 2. The van der Waals surface area contributed by atoms with Crippen LogP contribution in [0.1, 0.15) is 36.5 Å². The molecule has 0 unspecified atom stereocenters. The number of aryl methyl sites for hydroxylation is 1. The van der Waals surface area contributed by atoms with E-state index in [1.165, 1.54) is 5.01 Å². The van der Waals surface area contributed by atoms with E-state index in [1.54, 1.807) is 24.3 Å². The quantitative estimate of drug-likeness (QED) is 0.694. The summed E-state index contributed by atoms with van der Waals surface area (Å²) in [7, 11) is 0. The molecule has 3 heterocycles. The van der Waals surface area contributed by atoms with Gasteiger partial charge in [-0.3, -0.25) is 9.59 Å². The molecule has 9 nitrogen and oxygen atoms in total. The van der Waals surface area contributed by atoms with Crippen LogP contribution in [0.3, 0.4) is 0 Å². The van der Waals surface area contributed by atoms with Crippen LogP contribution in [0.5, 0.6) is 0 Å². The minimum Gasteiger partial charge on any atom is -0.345 e. The van der Waals surface area contributed by atoms with E-state index in [4.69, 9.17) is 4.52 Å². The minimum absolute atomic E-state index is 0.0823. The lowest BCUT2D eigenvalue weighted by Crippen LogP contribution is -2.23. The first-order valence-electron chi connectivity index (χ1n) is 9.28. The second-order valence-electron chi connectivity index (χ2n) is 6.64. The smallest absolute Gasteiger partial charge is 0.253 e. The number of hydrogen-bond acceptors (Lipinski definition) is 6. The van der Waals surface area contributed by atoms with Crippen molar-refractivity contribution in [2.45, 2.75) is 33.4 Å². The van der Waals surface area contributed by atoms with E-state index in [0.29, 0.717) is 29.4 Å². The monoisotopic (exact) mass is 392 g/mol. The molecule has 0 aliphatic carbocycles. The molecule has 2 amide bonds. The van der Waals surface area contributed by atoms with Crippen molar-refractivity contribution < 1.29 is 14.1 Å². The molecule has 4 rings (SSSR count). The van der Waals surface area contributed by atoms with E-state index in [9.17, 15) is 9.59 Å². The third-order valence-electron chi connectivity index (χ3n) is 4.56. The van der Waals surface area contributed by atoms with E-state index in [-0.39, 0.29) is 18.4 Å². The third kappa shape index (κ3) is 3.79. The Balaban J connectivity index is 1.38. The lowest BCUT2D eigenvalue weighted by molar-refractivity contribution is -0.116. The number of hydrogen-bond donors (Lipinski definition) is 1. The van der Waals surface area contributed by atoms with Gasteiger partial charge in [-0.15, -0.1) is 0 Å². The molecule has 0 saturated heterocycles. The lowest BCUT2D eigenvalue weighted by atomic mass is 10.2. The fraction of sp³-hybridized carbons (Fsp3) is 0.250. The van der Waals surface area contributed by atoms with Crippen LogP contribution >= 0.6 is 0 Å². The molecule has 0 radical (unpaired) electrons. The molecule has 0 fully saturated rings. The Labute approximate surface area is 167 Å². The van der Waals surface area contributed by atoms with Crippen molar-refractivity contribution in [1.82, 2.24) is 20.0 Å². The van der Waals surface area contributed by atoms with Gasteiger partial charge in [-0.1, -0.05) is 5.16 Å². The largest absolute Gasteiger partial charge is 0.345 e. The summed E-state index contributed by atoms with van der Waals surface area (Å²) in [4.78, 5) is 28.6. The Kier molecular flexibility index (Phi) is 4.94. The van der Waals surface area contributed by atoms with Gasteiger partial charge in [-0.05, 0) is 50.2 Å². The summed E-state index contributed by atoms with van der Waals surface area (Å²) in [6.07, 6.45) is 2.26. The average molecular weight is 392 g/mol. The van der Waals surface area contributed by atoms with Crippen LogP contribution < -0.4 is 10.3 Å². The Morgan fingerprint density at radius 2 is 2.03 bits per heavy atom. The molecule has 148 valence electrons. The fourth-order valence-electron chi connectivity index (χ4n) is 3.09. The number of nitrogens with zero attached hydrogens (tertiary/aromatic N) is 5. The summed E-state index contributed by atoms with van der Waals surface area (Å²) >= 11 is 0. The zero-order chi connectivity index (χ0) is 20.4. The summed E-state index contributed by atoms with van der Waals surface area (Å²) in [5, 5.41) is 12.3. The predicted octanol–water partition coefficient (Wildman–Crippen LogP) is 2.60. The Morgan fingerprint density at radius 1 is 1.24 bits per heavy atom. The van der Waals surface area contributed by atoms with Crippen molar-refractivity contribution in [2.75, 3.05) is 5.01 Å². The first-order valence-corrected chi connectivity index (χ1v) is 9.28. The Bertz CT molecular complexity index is 1080. The molecule has 2 aromatic heterocycles. The molecular formula is C20H20N6O3. The number of nitrogens with one attached hydrogen (secondary N) is 1. The number of rotatable bonds is 6. The van der Waals surface area contributed by atoms with Crippen LogP contribution in [0.2, 0.25) is 0 Å². The highest BCUT2D eigenvalue weighted by molar-refractivity contribution is 6.12. The van der Waals surface area contributed by atoms with Gasteiger partial charge in [0.15, 0.2) is 0 Å². The summed E-state index contributed by atoms with van der Waals surface area (Å²) in [6, 6.07) is 10.5. The van der Waals surface area contributed by atoms with Gasteiger partial charge in [0.05, 0.1) is 24.3 Å². The zero-order valence-corrected chi connectivity index (χ0v) is 16.1. The summed E-state index contributed by atoms with van der Waals surface area (Å²) in [6.45, 7) is 4.76. The van der Waals surface area contributed by atoms with Crippen molar-refractivity contribution >= 4 is 23.2 Å². The van der Waals surface area contributed by atoms with Crippen LogP contribution in [-0.4, -0.2) is 32.2 Å². The number of carbonyl (C=O) groups excluding carboxylic acids is 2. The number of amides is 2. The van der Waals surface area contributed by atoms with Crippen LogP contribution in [0, 0.1) is 0 Å². The molecular weight excluding hydrogens is 372 g/mol. The van der Waals surface area contributed by atoms with Crippen LogP contribution in [-0.2, 0) is 17.9 Å². The fourth-order valence-corrected chi connectivity index (χ4v) is 3.09. The highest BCUT2D eigenvalue weighted by atomic mass is 16.5. The van der Waals surface area contributed by atoms with Crippen LogP contribution in [0.25, 0.3) is 11.5 Å². The SMILES string of the molecule is CCn1cccc1-c1noc(CNC(=O)c2ccc(N3N=C(C)CC3=O)cc2)n1. The number of anilines is 1. The maximum Gasteiger partial charge on any atom is 0.253 e. The second kappa shape index (κ2) is 7.70. The van der Waals surface area contributed by atoms with E-state index in [1.807, 2.05) is 36.7 Å². The van der Waals surface area contributed by atoms with Crippen molar-refractivity contribution in [3.8, 4) is 11.5 Å². The first-order chi connectivity index (χ1) is 14.0. The minimum atomic E-state index is -0.277. The molecule has 1 N–H and O–H groups in total. The van der Waals surface area contributed by atoms with E-state index < -0.39 is 0 Å². The maximum atomic E-state index is 12.4. The van der Waals surface area contributed by atoms with E-state index in [2.05, 4.69) is 20.6 Å². The van der Waals surface area contributed by atoms with Gasteiger partial charge in [0.2, 0.25) is 11.7 Å². The van der Waals surface area contributed by atoms with E-state index in [0.717, 1.165) is 18.0 Å². The van der Waals surface area contributed by atoms with Gasteiger partial charge in [0.25, 0.3) is 11.8 Å². The highest BCUT2D eigenvalue weighted by Gasteiger charge is 2.22. The average Bonchev–Trinajstić information content (AvgIpc) is 3.45. The molecule has 29 heavy (non-hydrogen) atoms. The van der Waals surface area contributed by atoms with Gasteiger partial charge in [-0.2, -0.15) is 10.1 Å². The topological polar surface area (TPSA) is 106 Å². The molecule has 1 aromatic carbocycles. The standard InChI is InChI=1S/C20H20N6O3/c1-3-25-10-4-5-16(25)19-22-17(29-24-19)12-21-20(28)14-6-8-15(9-7-14)26-18(27)11-13(2)23-26/h4-10H,3,11-12H2,1-2H3,(H,21,28). The molecule has 0 atom stereocenters. The number of benzene rings is 1. The van der Waals surface area contributed by atoms with Crippen LogP contribution in [0.4, 0.5) is 5.69 Å². The lowest BCUT2D eigenvalue weighted by Gasteiger charge is -2.12. The molecule has 3 aromatic rings. The van der Waals surface area contributed by atoms with Crippen molar-refractivity contribution in [1.29, 1.82) is 0 Å². The van der Waals surface area contributed by atoms with Gasteiger partial charge >= 0.3 is 0 Å². The first kappa shape index (κ1) is 18.6. The third-order valence-corrected chi connectivity index (χ3v) is 4.56. The normalized spacial score (nSPS) is 13.7. The summed E-state index contributed by atoms with van der Waals surface area (Å²) in [5.74, 6) is 0.444. The molecule has 0 bridgehead atoms. The molecule has 1 aliphatic heterocycles. The van der Waals surface area contributed by atoms with Crippen LogP contribution in [0.15, 0.2) is 52.2 Å². The molecule has 1 aliphatic rings. The van der Waals surface area contributed by atoms with Crippen molar-refractivity contribution in [3.63, 3.8) is 0 Å². The van der Waals surface area contributed by atoms with Gasteiger partial charge in [-0.25, -0.2) is 5.01 Å². The van der Waals surface area contributed by atoms with Crippen molar-refractivity contribution in [2.24, 2.45) is 5.10 Å². The maximum absolute atomic E-state index is 12.4. The highest BCUT2D eigenvalue weighted by Crippen LogP contribution is 2.21. The molecule has 0 saturated carbocycles. The summed E-state index contributed by atoms with van der Waals surface area (Å²) < 4.78 is 7.24. The number of hydrazone groups is 1. The second-order valence-corrected chi connectivity index (χ2v) is 6.64. The summed E-state index contributed by atoms with van der Waals surface area (Å²) in [5.41, 5.74) is 2.71. The predicted molar refractivity (Wildman–Crippen MR) is 106 cm³/mol. The number of aromatic nitrogens is 3. The zero-order valence-electron chi connectivity index (χ0n) is 16.1. The molecule has 9 heteroatoms. The van der Waals surface area contributed by atoms with Crippen molar-refractivity contribution in [3.05, 3.63) is 54.0 Å². The Morgan fingerprint density at radius 3 is 2.72 bits per heavy atom. The Hall–Kier alpha value is -3.75. The van der Waals surface area contributed by atoms with E-state index >= 15 is 0 Å².